The number of carbonyl (C=O) groups excluding carboxylic acids is 1. The second-order valence-electron chi connectivity index (χ2n) is 11.2. The molecule has 0 spiro atoms. The van der Waals surface area contributed by atoms with Crippen molar-refractivity contribution in [3.63, 3.8) is 0 Å². The molecule has 2 aromatic rings. The van der Waals surface area contributed by atoms with Gasteiger partial charge in [0.1, 0.15) is 27.5 Å². The average molecular weight is 643 g/mol. The van der Waals surface area contributed by atoms with Crippen molar-refractivity contribution >= 4 is 32.9 Å². The van der Waals surface area contributed by atoms with Gasteiger partial charge in [0.15, 0.2) is 11.8 Å². The van der Waals surface area contributed by atoms with Crippen molar-refractivity contribution in [2.24, 2.45) is 5.73 Å². The SMILES string of the molecule is CS(=O)(=O)C1CCC(NC[C@@]2(c3ccccc3)Cc3c(cc(F)c(Cl)c3C3=C(C(N)=O)C=C[C@H](OC(F)F)C3F)O2)CC1. The van der Waals surface area contributed by atoms with E-state index in [-0.39, 0.29) is 41.5 Å². The maximum absolute atomic E-state index is 15.9. The van der Waals surface area contributed by atoms with E-state index in [1.165, 1.54) is 6.26 Å². The van der Waals surface area contributed by atoms with Crippen LogP contribution < -0.4 is 15.8 Å². The van der Waals surface area contributed by atoms with Crippen LogP contribution in [0.3, 0.4) is 0 Å². The molecule has 1 amide bonds. The van der Waals surface area contributed by atoms with E-state index in [1.54, 1.807) is 12.1 Å². The second kappa shape index (κ2) is 12.2. The van der Waals surface area contributed by atoms with Crippen LogP contribution in [-0.4, -0.2) is 57.3 Å². The van der Waals surface area contributed by atoms with Crippen LogP contribution in [0.2, 0.25) is 5.02 Å². The molecule has 3 aliphatic rings. The molecule has 13 heteroatoms. The van der Waals surface area contributed by atoms with Gasteiger partial charge in [-0.3, -0.25) is 4.79 Å². The molecule has 3 N–H and O–H groups in total. The van der Waals surface area contributed by atoms with Crippen molar-refractivity contribution in [3.8, 4) is 5.75 Å². The maximum Gasteiger partial charge on any atom is 0.345 e. The number of hydrogen-bond donors (Lipinski definition) is 2. The lowest BCUT2D eigenvalue weighted by atomic mass is 9.82. The molecule has 43 heavy (non-hydrogen) atoms. The quantitative estimate of drug-likeness (QED) is 0.373. The zero-order valence-electron chi connectivity index (χ0n) is 23.2. The first kappa shape index (κ1) is 31.5. The van der Waals surface area contributed by atoms with Gasteiger partial charge >= 0.3 is 6.61 Å². The third kappa shape index (κ3) is 6.33. The van der Waals surface area contributed by atoms with Crippen molar-refractivity contribution in [2.45, 2.75) is 67.9 Å². The van der Waals surface area contributed by atoms with E-state index in [1.807, 2.05) is 18.2 Å². The number of nitrogens with one attached hydrogen (secondary N) is 1. The van der Waals surface area contributed by atoms with E-state index in [2.05, 4.69) is 10.1 Å². The number of fused-ring (bicyclic) bond motifs is 1. The van der Waals surface area contributed by atoms with Gasteiger partial charge in [-0.05, 0) is 31.2 Å². The van der Waals surface area contributed by atoms with Crippen molar-refractivity contribution < 1.29 is 40.2 Å². The number of benzene rings is 2. The predicted molar refractivity (Wildman–Crippen MR) is 154 cm³/mol. The van der Waals surface area contributed by atoms with Crippen LogP contribution in [0, 0.1) is 5.82 Å². The molecule has 1 heterocycles. The highest BCUT2D eigenvalue weighted by Crippen LogP contribution is 2.50. The Morgan fingerprint density at radius 1 is 1.21 bits per heavy atom. The van der Waals surface area contributed by atoms with Crippen molar-refractivity contribution in [3.05, 3.63) is 81.7 Å². The van der Waals surface area contributed by atoms with Crippen LogP contribution in [0.15, 0.2) is 54.1 Å². The lowest BCUT2D eigenvalue weighted by Crippen LogP contribution is -2.47. The molecular weight excluding hydrogens is 612 g/mol. The van der Waals surface area contributed by atoms with Crippen LogP contribution in [0.25, 0.3) is 5.57 Å². The number of primary amides is 1. The standard InChI is InChI=1S/C30H31ClF4N2O5S/c1-43(39,40)18-9-7-17(8-10-18)37-15-30(16-5-3-2-4-6-16)14-20-23(42-30)13-21(32)26(31)24(20)25-19(28(36)38)11-12-22(27(25)33)41-29(34)35/h2-6,11-13,17-18,22,27,29,37H,7-10,14-15H2,1H3,(H2,36,38)/t17?,18?,22-,27?,30+/m0/s1. The number of hydrogen-bond acceptors (Lipinski definition) is 6. The number of nitrogens with two attached hydrogens (primary N) is 1. The number of rotatable bonds is 9. The van der Waals surface area contributed by atoms with Crippen LogP contribution in [0.1, 0.15) is 42.4 Å². The summed E-state index contributed by atoms with van der Waals surface area (Å²) in [7, 11) is -3.14. The number of alkyl halides is 3. The van der Waals surface area contributed by atoms with E-state index in [9.17, 15) is 22.0 Å². The van der Waals surface area contributed by atoms with Gasteiger partial charge in [-0.25, -0.2) is 17.2 Å². The second-order valence-corrected chi connectivity index (χ2v) is 13.9. The Kier molecular flexibility index (Phi) is 8.95. The first-order valence-electron chi connectivity index (χ1n) is 13.8. The molecule has 0 saturated heterocycles. The first-order valence-corrected chi connectivity index (χ1v) is 16.1. The lowest BCUT2D eigenvalue weighted by Gasteiger charge is -2.34. The van der Waals surface area contributed by atoms with Crippen molar-refractivity contribution in [1.82, 2.24) is 5.32 Å². The zero-order valence-corrected chi connectivity index (χ0v) is 24.7. The predicted octanol–water partition coefficient (Wildman–Crippen LogP) is 5.01. The summed E-state index contributed by atoms with van der Waals surface area (Å²) in [6.07, 6.45) is 1.50. The van der Waals surface area contributed by atoms with Crippen LogP contribution in [-0.2, 0) is 31.4 Å². The fraction of sp³-hybridized carbons (Fsp3) is 0.433. The van der Waals surface area contributed by atoms with Gasteiger partial charge in [0, 0.05) is 53.6 Å². The summed E-state index contributed by atoms with van der Waals surface area (Å²) in [6, 6.07) is 10.1. The minimum atomic E-state index is -3.31. The fourth-order valence-corrected chi connectivity index (χ4v) is 7.64. The molecular formula is C30H31ClF4N2O5S. The molecule has 1 fully saturated rings. The van der Waals surface area contributed by atoms with E-state index in [4.69, 9.17) is 22.1 Å². The minimum Gasteiger partial charge on any atom is -0.480 e. The van der Waals surface area contributed by atoms with Crippen molar-refractivity contribution in [1.29, 1.82) is 0 Å². The Morgan fingerprint density at radius 3 is 2.49 bits per heavy atom. The van der Waals surface area contributed by atoms with Crippen LogP contribution >= 0.6 is 11.6 Å². The van der Waals surface area contributed by atoms with Crippen molar-refractivity contribution in [2.75, 3.05) is 12.8 Å². The van der Waals surface area contributed by atoms with E-state index in [0.717, 1.165) is 18.2 Å². The molecule has 5 rings (SSSR count). The minimum absolute atomic E-state index is 0.0131. The normalized spacial score (nSPS) is 27.3. The molecule has 2 aromatic carbocycles. The number of sulfone groups is 1. The number of ether oxygens (including phenoxy) is 2. The summed E-state index contributed by atoms with van der Waals surface area (Å²) in [5.74, 6) is -1.97. The Bertz CT molecular complexity index is 1560. The highest BCUT2D eigenvalue weighted by atomic mass is 35.5. The third-order valence-corrected chi connectivity index (χ3v) is 10.5. The molecule has 1 unspecified atom stereocenters. The van der Waals surface area contributed by atoms with Crippen LogP contribution in [0.5, 0.6) is 5.75 Å². The Hall–Kier alpha value is -2.93. The van der Waals surface area contributed by atoms with Gasteiger partial charge < -0.3 is 20.5 Å². The smallest absolute Gasteiger partial charge is 0.345 e. The van der Waals surface area contributed by atoms with Gasteiger partial charge in [-0.15, -0.1) is 0 Å². The third-order valence-electron chi connectivity index (χ3n) is 8.41. The first-order chi connectivity index (χ1) is 20.3. The van der Waals surface area contributed by atoms with Gasteiger partial charge in [-0.2, -0.15) is 8.78 Å². The molecule has 3 atom stereocenters. The molecule has 2 aliphatic carbocycles. The number of halogens is 5. The molecule has 0 radical (unpaired) electrons. The van der Waals surface area contributed by atoms with Gasteiger partial charge in [-0.1, -0.05) is 54.1 Å². The largest absolute Gasteiger partial charge is 0.480 e. The Morgan fingerprint density at radius 2 is 1.88 bits per heavy atom. The number of amides is 1. The summed E-state index contributed by atoms with van der Waals surface area (Å²) in [4.78, 5) is 12.4. The summed E-state index contributed by atoms with van der Waals surface area (Å²) >= 11 is 6.43. The Balaban J connectivity index is 1.54. The van der Waals surface area contributed by atoms with E-state index >= 15 is 8.78 Å². The summed E-state index contributed by atoms with van der Waals surface area (Å²) < 4.78 is 92.3. The summed E-state index contributed by atoms with van der Waals surface area (Å²) in [6.45, 7) is -3.10. The molecule has 0 bridgehead atoms. The molecule has 0 aromatic heterocycles. The Labute approximate surface area is 252 Å². The highest BCUT2D eigenvalue weighted by Gasteiger charge is 2.46. The maximum atomic E-state index is 15.9. The van der Waals surface area contributed by atoms with Gasteiger partial charge in [0.2, 0.25) is 5.91 Å². The molecule has 7 nitrogen and oxygen atoms in total. The monoisotopic (exact) mass is 642 g/mol. The lowest BCUT2D eigenvalue weighted by molar-refractivity contribution is -0.159. The topological polar surface area (TPSA) is 108 Å². The highest BCUT2D eigenvalue weighted by molar-refractivity contribution is 7.91. The van der Waals surface area contributed by atoms with E-state index < -0.39 is 61.9 Å². The summed E-state index contributed by atoms with van der Waals surface area (Å²) in [5.41, 5.74) is 4.38. The fourth-order valence-electron chi connectivity index (χ4n) is 6.24. The molecule has 232 valence electrons. The van der Waals surface area contributed by atoms with Gasteiger partial charge in [0.05, 0.1) is 10.3 Å². The number of carbonyl (C=O) groups is 1. The van der Waals surface area contributed by atoms with Gasteiger partial charge in [0.25, 0.3) is 0 Å². The van der Waals surface area contributed by atoms with Crippen LogP contribution in [0.4, 0.5) is 17.6 Å². The van der Waals surface area contributed by atoms with E-state index in [0.29, 0.717) is 31.2 Å². The molecule has 1 saturated carbocycles. The molecule has 1 aliphatic heterocycles. The zero-order chi connectivity index (χ0) is 31.1. The average Bonchev–Trinajstić information content (AvgIpc) is 3.33. The summed E-state index contributed by atoms with van der Waals surface area (Å²) in [5, 5.41) is 2.58.